The van der Waals surface area contributed by atoms with Crippen molar-refractivity contribution < 1.29 is 17.9 Å². The summed E-state index contributed by atoms with van der Waals surface area (Å²) >= 11 is 1.33. The van der Waals surface area contributed by atoms with E-state index in [1.807, 2.05) is 0 Å². The lowest BCUT2D eigenvalue weighted by molar-refractivity contribution is -0.111. The minimum absolute atomic E-state index is 0.235. The van der Waals surface area contributed by atoms with Crippen LogP contribution in [-0.2, 0) is 19.6 Å². The molecule has 3 rings (SSSR count). The van der Waals surface area contributed by atoms with E-state index in [4.69, 9.17) is 4.74 Å². The highest BCUT2D eigenvalue weighted by Gasteiger charge is 2.25. The maximum absolute atomic E-state index is 12.5. The summed E-state index contributed by atoms with van der Waals surface area (Å²) in [5.74, 6) is -0.292. The zero-order valence-electron chi connectivity index (χ0n) is 13.3. The van der Waals surface area contributed by atoms with Crippen molar-refractivity contribution in [1.29, 1.82) is 0 Å². The Morgan fingerprint density at radius 2 is 1.96 bits per heavy atom. The fourth-order valence-electron chi connectivity index (χ4n) is 2.29. The molecule has 1 amide bonds. The van der Waals surface area contributed by atoms with Crippen LogP contribution >= 0.6 is 11.3 Å². The number of morpholine rings is 1. The molecular weight excluding hydrogens is 362 g/mol. The number of benzene rings is 1. The van der Waals surface area contributed by atoms with Crippen molar-refractivity contribution in [3.05, 3.63) is 47.5 Å². The number of sulfonamides is 1. The Bertz CT molecular complexity index is 840. The van der Waals surface area contributed by atoms with E-state index >= 15 is 0 Å². The Morgan fingerprint density at radius 3 is 2.60 bits per heavy atom. The highest BCUT2D eigenvalue weighted by atomic mass is 32.2. The molecule has 9 heteroatoms. The number of ether oxygens (including phenoxy) is 1. The van der Waals surface area contributed by atoms with Crippen LogP contribution < -0.4 is 5.32 Å². The van der Waals surface area contributed by atoms with E-state index in [0.29, 0.717) is 31.4 Å². The average molecular weight is 379 g/mol. The van der Waals surface area contributed by atoms with Crippen molar-refractivity contribution >= 4 is 38.5 Å². The Kier molecular flexibility index (Phi) is 5.59. The molecule has 0 bridgehead atoms. The van der Waals surface area contributed by atoms with Gasteiger partial charge in [0.05, 0.1) is 18.1 Å². The van der Waals surface area contributed by atoms with Crippen molar-refractivity contribution in [3.63, 3.8) is 0 Å². The van der Waals surface area contributed by atoms with Crippen LogP contribution in [0.3, 0.4) is 0 Å². The van der Waals surface area contributed by atoms with Crippen LogP contribution in [0.1, 0.15) is 5.56 Å². The smallest absolute Gasteiger partial charge is 0.250 e. The number of carbonyl (C=O) groups excluding carboxylic acids is 1. The minimum atomic E-state index is -3.50. The van der Waals surface area contributed by atoms with Crippen LogP contribution in [-0.4, -0.2) is 49.9 Å². The van der Waals surface area contributed by atoms with Crippen molar-refractivity contribution in [2.75, 3.05) is 31.6 Å². The molecule has 0 spiro atoms. The summed E-state index contributed by atoms with van der Waals surface area (Å²) in [6, 6.07) is 6.42. The lowest BCUT2D eigenvalue weighted by Gasteiger charge is -2.26. The first-order chi connectivity index (χ1) is 12.1. The molecule has 1 aromatic heterocycles. The van der Waals surface area contributed by atoms with Gasteiger partial charge in [-0.2, -0.15) is 4.31 Å². The Labute approximate surface area is 150 Å². The largest absolute Gasteiger partial charge is 0.379 e. The first-order valence-corrected chi connectivity index (χ1v) is 9.94. The van der Waals surface area contributed by atoms with E-state index in [0.717, 1.165) is 5.56 Å². The zero-order valence-corrected chi connectivity index (χ0v) is 14.9. The van der Waals surface area contributed by atoms with Gasteiger partial charge in [-0.25, -0.2) is 13.4 Å². The number of hydrogen-bond donors (Lipinski definition) is 1. The number of anilines is 1. The summed E-state index contributed by atoms with van der Waals surface area (Å²) in [6.07, 6.45) is 4.61. The summed E-state index contributed by atoms with van der Waals surface area (Å²) in [4.78, 5) is 16.0. The number of amides is 1. The summed E-state index contributed by atoms with van der Waals surface area (Å²) in [5, 5.41) is 4.94. The van der Waals surface area contributed by atoms with Crippen LogP contribution in [0.15, 0.2) is 46.8 Å². The van der Waals surface area contributed by atoms with Crippen LogP contribution in [0.5, 0.6) is 0 Å². The van der Waals surface area contributed by atoms with Gasteiger partial charge < -0.3 is 4.74 Å². The molecule has 2 aromatic rings. The van der Waals surface area contributed by atoms with Crippen molar-refractivity contribution in [1.82, 2.24) is 9.29 Å². The van der Waals surface area contributed by atoms with Crippen LogP contribution in [0.25, 0.3) is 6.08 Å². The van der Waals surface area contributed by atoms with Gasteiger partial charge in [-0.15, -0.1) is 11.3 Å². The van der Waals surface area contributed by atoms with Gasteiger partial charge in [0.15, 0.2) is 5.13 Å². The summed E-state index contributed by atoms with van der Waals surface area (Å²) in [7, 11) is -3.50. The summed E-state index contributed by atoms with van der Waals surface area (Å²) in [6.45, 7) is 1.55. The topological polar surface area (TPSA) is 88.6 Å². The van der Waals surface area contributed by atoms with E-state index < -0.39 is 10.0 Å². The molecule has 1 aromatic carbocycles. The predicted octanol–water partition coefficient (Wildman–Crippen LogP) is 1.82. The minimum Gasteiger partial charge on any atom is -0.379 e. The number of hydrogen-bond acceptors (Lipinski definition) is 6. The van der Waals surface area contributed by atoms with Gasteiger partial charge in [0.1, 0.15) is 0 Å². The number of aromatic nitrogens is 1. The van der Waals surface area contributed by atoms with Gasteiger partial charge >= 0.3 is 0 Å². The molecule has 1 aliphatic heterocycles. The van der Waals surface area contributed by atoms with E-state index in [1.54, 1.807) is 41.9 Å². The number of thiazole rings is 1. The third kappa shape index (κ3) is 4.51. The molecule has 0 saturated carbocycles. The van der Waals surface area contributed by atoms with Crippen molar-refractivity contribution in [2.24, 2.45) is 0 Å². The molecule has 1 fully saturated rings. The molecule has 25 heavy (non-hydrogen) atoms. The highest BCUT2D eigenvalue weighted by Crippen LogP contribution is 2.18. The number of nitrogens with one attached hydrogen (secondary N) is 1. The monoisotopic (exact) mass is 379 g/mol. The lowest BCUT2D eigenvalue weighted by Crippen LogP contribution is -2.40. The first kappa shape index (κ1) is 17.7. The molecule has 7 nitrogen and oxygen atoms in total. The van der Waals surface area contributed by atoms with E-state index in [9.17, 15) is 13.2 Å². The molecule has 1 saturated heterocycles. The molecule has 0 radical (unpaired) electrons. The molecule has 2 heterocycles. The zero-order chi connectivity index (χ0) is 17.7. The SMILES string of the molecule is O=C(C=Cc1ccc(S(=O)(=O)N2CCOCC2)cc1)Nc1nccs1. The maximum atomic E-state index is 12.5. The molecule has 1 N–H and O–H groups in total. The third-order valence-corrected chi connectivity index (χ3v) is 6.18. The van der Waals surface area contributed by atoms with Gasteiger partial charge in [-0.05, 0) is 23.8 Å². The number of nitrogens with zero attached hydrogens (tertiary/aromatic N) is 2. The van der Waals surface area contributed by atoms with Crippen molar-refractivity contribution in [2.45, 2.75) is 4.90 Å². The van der Waals surface area contributed by atoms with Gasteiger partial charge in [0.25, 0.3) is 0 Å². The second-order valence-corrected chi connectivity index (χ2v) is 8.08. The molecule has 0 unspecified atom stereocenters. The van der Waals surface area contributed by atoms with Crippen LogP contribution in [0.2, 0.25) is 0 Å². The van der Waals surface area contributed by atoms with E-state index in [2.05, 4.69) is 10.3 Å². The average Bonchev–Trinajstić information content (AvgIpc) is 3.14. The van der Waals surface area contributed by atoms with E-state index in [-0.39, 0.29) is 10.8 Å². The Balaban J connectivity index is 1.65. The van der Waals surface area contributed by atoms with Gasteiger partial charge in [-0.1, -0.05) is 12.1 Å². The van der Waals surface area contributed by atoms with E-state index in [1.165, 1.54) is 21.7 Å². The Hall–Kier alpha value is -2.07. The normalized spacial score (nSPS) is 16.2. The predicted molar refractivity (Wildman–Crippen MR) is 95.8 cm³/mol. The summed E-state index contributed by atoms with van der Waals surface area (Å²) in [5.41, 5.74) is 0.732. The first-order valence-electron chi connectivity index (χ1n) is 7.62. The number of rotatable bonds is 5. The van der Waals surface area contributed by atoms with Crippen LogP contribution in [0.4, 0.5) is 5.13 Å². The Morgan fingerprint density at radius 1 is 1.24 bits per heavy atom. The van der Waals surface area contributed by atoms with Gasteiger partial charge in [0, 0.05) is 30.7 Å². The molecule has 1 aliphatic rings. The van der Waals surface area contributed by atoms with Crippen LogP contribution in [0, 0.1) is 0 Å². The standard InChI is InChI=1S/C16H17N3O4S2/c20-15(18-16-17-7-12-24-16)6-3-13-1-4-14(5-2-13)25(21,22)19-8-10-23-11-9-19/h1-7,12H,8-11H2,(H,17,18,20). The maximum Gasteiger partial charge on any atom is 0.250 e. The number of carbonyl (C=O) groups is 1. The van der Waals surface area contributed by atoms with Gasteiger partial charge in [-0.3, -0.25) is 10.1 Å². The van der Waals surface area contributed by atoms with Crippen molar-refractivity contribution in [3.8, 4) is 0 Å². The highest BCUT2D eigenvalue weighted by molar-refractivity contribution is 7.89. The molecule has 132 valence electrons. The second-order valence-electron chi connectivity index (χ2n) is 5.25. The molecule has 0 aliphatic carbocycles. The summed E-state index contributed by atoms with van der Waals surface area (Å²) < 4.78 is 31.7. The lowest BCUT2D eigenvalue weighted by atomic mass is 10.2. The molecular formula is C16H17N3O4S2. The second kappa shape index (κ2) is 7.87. The fourth-order valence-corrected chi connectivity index (χ4v) is 4.23. The quantitative estimate of drug-likeness (QED) is 0.801. The fraction of sp³-hybridized carbons (Fsp3) is 0.250. The van der Waals surface area contributed by atoms with Gasteiger partial charge in [0.2, 0.25) is 15.9 Å². The molecule has 0 atom stereocenters. The third-order valence-electron chi connectivity index (χ3n) is 3.58.